The third-order valence-corrected chi connectivity index (χ3v) is 5.43. The Morgan fingerprint density at radius 1 is 1.04 bits per heavy atom. The first kappa shape index (κ1) is 21.6. The number of carbonyl (C=O) groups excluding carboxylic acids is 2. The number of likely N-dealkylation sites (tertiary alicyclic amines) is 1. The lowest BCUT2D eigenvalue weighted by Crippen LogP contribution is -2.47. The predicted octanol–water partition coefficient (Wildman–Crippen LogP) is 2.62. The van der Waals surface area contributed by atoms with Gasteiger partial charge >= 0.3 is 0 Å². The second kappa shape index (κ2) is 9.46. The first-order valence-corrected chi connectivity index (χ1v) is 9.24. The SMILES string of the molecule is Cl.NC1CCC(NC(=O)C2CCN(C(=O)c3ccc(F)cc3F)CC2)CC1. The predicted molar refractivity (Wildman–Crippen MR) is 101 cm³/mol. The zero-order valence-corrected chi connectivity index (χ0v) is 15.9. The molecule has 2 fully saturated rings. The molecule has 1 saturated heterocycles. The highest BCUT2D eigenvalue weighted by atomic mass is 35.5. The summed E-state index contributed by atoms with van der Waals surface area (Å²) < 4.78 is 26.8. The maximum atomic E-state index is 13.8. The molecule has 1 aromatic carbocycles. The van der Waals surface area contributed by atoms with Crippen LogP contribution in [0.1, 0.15) is 48.9 Å². The van der Waals surface area contributed by atoms with Gasteiger partial charge in [0.1, 0.15) is 11.6 Å². The molecule has 3 rings (SSSR count). The van der Waals surface area contributed by atoms with Gasteiger partial charge < -0.3 is 16.0 Å². The van der Waals surface area contributed by atoms with Crippen LogP contribution >= 0.6 is 12.4 Å². The van der Waals surface area contributed by atoms with Crippen molar-refractivity contribution >= 4 is 24.2 Å². The van der Waals surface area contributed by atoms with E-state index in [1.807, 2.05) is 0 Å². The van der Waals surface area contributed by atoms with Crippen molar-refractivity contribution in [3.05, 3.63) is 35.4 Å². The molecule has 0 radical (unpaired) electrons. The summed E-state index contributed by atoms with van der Waals surface area (Å²) in [7, 11) is 0. The molecule has 0 spiro atoms. The highest BCUT2D eigenvalue weighted by molar-refractivity contribution is 5.94. The van der Waals surface area contributed by atoms with Crippen LogP contribution in [0, 0.1) is 17.6 Å². The summed E-state index contributed by atoms with van der Waals surface area (Å²) in [6.45, 7) is 0.784. The number of nitrogens with zero attached hydrogens (tertiary/aromatic N) is 1. The molecule has 1 aliphatic heterocycles. The van der Waals surface area contributed by atoms with Crippen LogP contribution in [0.25, 0.3) is 0 Å². The van der Waals surface area contributed by atoms with Crippen molar-refractivity contribution in [2.45, 2.75) is 50.6 Å². The van der Waals surface area contributed by atoms with Crippen LogP contribution in [0.15, 0.2) is 18.2 Å². The van der Waals surface area contributed by atoms with E-state index in [9.17, 15) is 18.4 Å². The number of benzene rings is 1. The minimum Gasteiger partial charge on any atom is -0.353 e. The van der Waals surface area contributed by atoms with E-state index < -0.39 is 17.5 Å². The first-order valence-electron chi connectivity index (χ1n) is 9.24. The molecule has 0 atom stereocenters. The summed E-state index contributed by atoms with van der Waals surface area (Å²) in [6.07, 6.45) is 4.78. The third-order valence-electron chi connectivity index (χ3n) is 5.43. The Kier molecular flexibility index (Phi) is 7.56. The molecule has 1 aliphatic carbocycles. The smallest absolute Gasteiger partial charge is 0.256 e. The van der Waals surface area contributed by atoms with Crippen LogP contribution in [-0.4, -0.2) is 41.9 Å². The molecule has 1 heterocycles. The van der Waals surface area contributed by atoms with Crippen molar-refractivity contribution in [2.24, 2.45) is 11.7 Å². The summed E-state index contributed by atoms with van der Waals surface area (Å²) >= 11 is 0. The van der Waals surface area contributed by atoms with Gasteiger partial charge in [0, 0.05) is 37.2 Å². The van der Waals surface area contributed by atoms with Gasteiger partial charge in [-0.15, -0.1) is 12.4 Å². The van der Waals surface area contributed by atoms with E-state index in [1.54, 1.807) is 0 Å². The number of rotatable bonds is 3. The van der Waals surface area contributed by atoms with Gasteiger partial charge in [0.25, 0.3) is 5.91 Å². The number of hydrogen-bond acceptors (Lipinski definition) is 3. The van der Waals surface area contributed by atoms with Gasteiger partial charge in [-0.2, -0.15) is 0 Å². The van der Waals surface area contributed by atoms with E-state index in [0.717, 1.165) is 31.7 Å². The van der Waals surface area contributed by atoms with Gasteiger partial charge in [-0.3, -0.25) is 9.59 Å². The minimum atomic E-state index is -0.856. The van der Waals surface area contributed by atoms with E-state index in [4.69, 9.17) is 5.73 Å². The zero-order valence-electron chi connectivity index (χ0n) is 15.1. The number of nitrogens with two attached hydrogens (primary N) is 1. The second-order valence-corrected chi connectivity index (χ2v) is 7.31. The Hall–Kier alpha value is -1.73. The standard InChI is InChI=1S/C19H25F2N3O2.ClH/c20-13-1-6-16(17(21)11-13)19(26)24-9-7-12(8-10-24)18(25)23-15-4-2-14(22)3-5-15;/h1,6,11-12,14-15H,2-5,7-10,22H2,(H,23,25);1H. The quantitative estimate of drug-likeness (QED) is 0.817. The Balaban J connectivity index is 0.00000261. The molecule has 1 saturated carbocycles. The Morgan fingerprint density at radius 3 is 2.26 bits per heavy atom. The monoisotopic (exact) mass is 401 g/mol. The number of carbonyl (C=O) groups is 2. The van der Waals surface area contributed by atoms with Crippen LogP contribution in [0.4, 0.5) is 8.78 Å². The number of hydrogen-bond donors (Lipinski definition) is 2. The molecule has 2 amide bonds. The molecule has 3 N–H and O–H groups in total. The fraction of sp³-hybridized carbons (Fsp3) is 0.579. The van der Waals surface area contributed by atoms with Crippen molar-refractivity contribution in [3.8, 4) is 0 Å². The second-order valence-electron chi connectivity index (χ2n) is 7.31. The highest BCUT2D eigenvalue weighted by Gasteiger charge is 2.30. The van der Waals surface area contributed by atoms with Crippen molar-refractivity contribution in [3.63, 3.8) is 0 Å². The van der Waals surface area contributed by atoms with Gasteiger partial charge in [-0.1, -0.05) is 0 Å². The maximum absolute atomic E-state index is 13.8. The highest BCUT2D eigenvalue weighted by Crippen LogP contribution is 2.22. The number of nitrogens with one attached hydrogen (secondary N) is 1. The van der Waals surface area contributed by atoms with Crippen LogP contribution in [-0.2, 0) is 4.79 Å². The number of halogens is 3. The minimum absolute atomic E-state index is 0. The van der Waals surface area contributed by atoms with Crippen molar-refractivity contribution in [1.82, 2.24) is 10.2 Å². The van der Waals surface area contributed by atoms with Gasteiger partial charge in [-0.25, -0.2) is 8.78 Å². The van der Waals surface area contributed by atoms with Gasteiger partial charge in [0.2, 0.25) is 5.91 Å². The van der Waals surface area contributed by atoms with E-state index >= 15 is 0 Å². The fourth-order valence-electron chi connectivity index (χ4n) is 3.76. The summed E-state index contributed by atoms with van der Waals surface area (Å²) in [5, 5.41) is 3.10. The van der Waals surface area contributed by atoms with Crippen molar-refractivity contribution in [1.29, 1.82) is 0 Å². The Labute approximate surface area is 164 Å². The Bertz CT molecular complexity index is 673. The van der Waals surface area contributed by atoms with Crippen LogP contribution < -0.4 is 11.1 Å². The lowest BCUT2D eigenvalue weighted by atomic mass is 9.90. The van der Waals surface area contributed by atoms with E-state index in [1.165, 1.54) is 11.0 Å². The summed E-state index contributed by atoms with van der Waals surface area (Å²) in [6, 6.07) is 3.38. The van der Waals surface area contributed by atoms with Gasteiger partial charge in [-0.05, 0) is 50.7 Å². The molecule has 27 heavy (non-hydrogen) atoms. The number of amides is 2. The fourth-order valence-corrected chi connectivity index (χ4v) is 3.76. The first-order chi connectivity index (χ1) is 12.4. The van der Waals surface area contributed by atoms with Crippen LogP contribution in [0.2, 0.25) is 0 Å². The van der Waals surface area contributed by atoms with Gasteiger partial charge in [0.15, 0.2) is 0 Å². The van der Waals surface area contributed by atoms with E-state index in [0.29, 0.717) is 32.0 Å². The largest absolute Gasteiger partial charge is 0.353 e. The Morgan fingerprint density at radius 2 is 1.67 bits per heavy atom. The zero-order chi connectivity index (χ0) is 18.7. The molecular formula is C19H26ClF2N3O2. The summed E-state index contributed by atoms with van der Waals surface area (Å²) in [5.74, 6) is -2.12. The van der Waals surface area contributed by atoms with Crippen LogP contribution in [0.3, 0.4) is 0 Å². The molecule has 1 aromatic rings. The molecule has 0 bridgehead atoms. The number of piperidine rings is 1. The molecule has 0 unspecified atom stereocenters. The van der Waals surface area contributed by atoms with E-state index in [-0.39, 0.29) is 41.9 Å². The molecule has 5 nitrogen and oxygen atoms in total. The normalized spacial score (nSPS) is 23.4. The average Bonchev–Trinajstić information content (AvgIpc) is 2.63. The third kappa shape index (κ3) is 5.39. The topological polar surface area (TPSA) is 75.4 Å². The summed E-state index contributed by atoms with van der Waals surface area (Å²) in [4.78, 5) is 26.4. The molecule has 8 heteroatoms. The molecule has 2 aliphatic rings. The lowest BCUT2D eigenvalue weighted by molar-refractivity contribution is -0.127. The lowest BCUT2D eigenvalue weighted by Gasteiger charge is -2.33. The van der Waals surface area contributed by atoms with E-state index in [2.05, 4.69) is 5.32 Å². The van der Waals surface area contributed by atoms with Crippen molar-refractivity contribution < 1.29 is 18.4 Å². The average molecular weight is 402 g/mol. The molecule has 0 aromatic heterocycles. The van der Waals surface area contributed by atoms with Crippen LogP contribution in [0.5, 0.6) is 0 Å². The van der Waals surface area contributed by atoms with Crippen molar-refractivity contribution in [2.75, 3.05) is 13.1 Å². The van der Waals surface area contributed by atoms with Gasteiger partial charge in [0.05, 0.1) is 5.56 Å². The summed E-state index contributed by atoms with van der Waals surface area (Å²) in [5.41, 5.74) is 5.75. The maximum Gasteiger partial charge on any atom is 0.256 e. The molecule has 150 valence electrons. The molecular weight excluding hydrogens is 376 g/mol.